The molecule has 0 fully saturated rings. The zero-order valence-corrected chi connectivity index (χ0v) is 9.24. The lowest BCUT2D eigenvalue weighted by Crippen LogP contribution is -2.05. The number of nitrogens with zero attached hydrogens (tertiary/aromatic N) is 1. The van der Waals surface area contributed by atoms with Crippen LogP contribution < -0.4 is 5.73 Å². The van der Waals surface area contributed by atoms with Crippen molar-refractivity contribution < 1.29 is 22.8 Å². The third-order valence-corrected chi connectivity index (χ3v) is 2.29. The van der Waals surface area contributed by atoms with Crippen LogP contribution in [0.25, 0.3) is 11.3 Å². The Balaban J connectivity index is 2.61. The molecule has 0 bridgehead atoms. The number of nitrogen functional groups attached to an aromatic ring is 1. The molecule has 2 aromatic rings. The number of anilines is 1. The summed E-state index contributed by atoms with van der Waals surface area (Å²) in [6.45, 7) is 0. The molecule has 0 aliphatic carbocycles. The second-order valence-electron chi connectivity index (χ2n) is 3.39. The molecule has 94 valence electrons. The van der Waals surface area contributed by atoms with Gasteiger partial charge in [-0.25, -0.2) is 13.6 Å². The van der Waals surface area contributed by atoms with Gasteiger partial charge in [-0.2, -0.15) is 0 Å². The number of halogens is 2. The van der Waals surface area contributed by atoms with Crippen LogP contribution in [0.15, 0.2) is 22.7 Å². The lowest BCUT2D eigenvalue weighted by molar-refractivity contribution is 0.0602. The molecule has 0 aliphatic heterocycles. The monoisotopic (exact) mass is 254 g/mol. The van der Waals surface area contributed by atoms with E-state index in [1.807, 2.05) is 0 Å². The summed E-state index contributed by atoms with van der Waals surface area (Å²) >= 11 is 0. The molecule has 1 heterocycles. The van der Waals surface area contributed by atoms with Crippen molar-refractivity contribution in [3.05, 3.63) is 35.4 Å². The van der Waals surface area contributed by atoms with E-state index in [2.05, 4.69) is 14.4 Å². The quantitative estimate of drug-likeness (QED) is 0.829. The Morgan fingerprint density at radius 3 is 2.78 bits per heavy atom. The van der Waals surface area contributed by atoms with Gasteiger partial charge in [0.1, 0.15) is 17.3 Å². The zero-order valence-electron chi connectivity index (χ0n) is 9.24. The number of aromatic nitrogens is 1. The van der Waals surface area contributed by atoms with Gasteiger partial charge in [-0.1, -0.05) is 5.16 Å². The highest BCUT2D eigenvalue weighted by Crippen LogP contribution is 2.29. The predicted molar refractivity (Wildman–Crippen MR) is 57.6 cm³/mol. The van der Waals surface area contributed by atoms with Crippen LogP contribution in [-0.2, 0) is 4.74 Å². The van der Waals surface area contributed by atoms with Crippen molar-refractivity contribution in [3.63, 3.8) is 0 Å². The highest BCUT2D eigenvalue weighted by Gasteiger charge is 2.25. The molecule has 1 aromatic heterocycles. The van der Waals surface area contributed by atoms with Crippen molar-refractivity contribution >= 4 is 11.9 Å². The van der Waals surface area contributed by atoms with E-state index in [1.165, 1.54) is 0 Å². The number of nitrogens with two attached hydrogens (primary N) is 1. The van der Waals surface area contributed by atoms with Gasteiger partial charge in [0.05, 0.1) is 7.11 Å². The van der Waals surface area contributed by atoms with Crippen LogP contribution in [-0.4, -0.2) is 18.2 Å². The van der Waals surface area contributed by atoms with Crippen LogP contribution >= 0.6 is 0 Å². The molecule has 0 unspecified atom stereocenters. The molecule has 7 heteroatoms. The standard InChI is InChI=1S/C11H8F2N2O3/c1-17-11(16)8-9(15-18-10(8)14)6-3-2-5(12)4-7(6)13/h2-4H,14H2,1H3. The fourth-order valence-electron chi connectivity index (χ4n) is 1.47. The van der Waals surface area contributed by atoms with Gasteiger partial charge in [-0.05, 0) is 12.1 Å². The summed E-state index contributed by atoms with van der Waals surface area (Å²) in [5, 5.41) is 3.48. The summed E-state index contributed by atoms with van der Waals surface area (Å²) in [5.41, 5.74) is 4.99. The lowest BCUT2D eigenvalue weighted by Gasteiger charge is -2.02. The van der Waals surface area contributed by atoms with Crippen LogP contribution in [0.3, 0.4) is 0 Å². The highest BCUT2D eigenvalue weighted by atomic mass is 19.1. The Bertz CT molecular complexity index is 610. The number of hydrogen-bond donors (Lipinski definition) is 1. The summed E-state index contributed by atoms with van der Waals surface area (Å²) in [6.07, 6.45) is 0. The number of esters is 1. The van der Waals surface area contributed by atoms with Gasteiger partial charge in [0.15, 0.2) is 5.56 Å². The van der Waals surface area contributed by atoms with Crippen LogP contribution in [0, 0.1) is 11.6 Å². The minimum absolute atomic E-state index is 0.0998. The first-order chi connectivity index (χ1) is 8.54. The van der Waals surface area contributed by atoms with E-state index in [0.717, 1.165) is 19.2 Å². The minimum atomic E-state index is -0.881. The molecular formula is C11H8F2N2O3. The van der Waals surface area contributed by atoms with Gasteiger partial charge in [0.2, 0.25) is 5.88 Å². The molecule has 0 amide bonds. The van der Waals surface area contributed by atoms with E-state index < -0.39 is 17.6 Å². The molecule has 2 N–H and O–H groups in total. The summed E-state index contributed by atoms with van der Waals surface area (Å²) in [4.78, 5) is 11.5. The maximum absolute atomic E-state index is 13.6. The van der Waals surface area contributed by atoms with Gasteiger partial charge < -0.3 is 15.0 Å². The number of carbonyl (C=O) groups is 1. The third-order valence-electron chi connectivity index (χ3n) is 2.29. The number of carbonyl (C=O) groups excluding carboxylic acids is 1. The first-order valence-corrected chi connectivity index (χ1v) is 4.83. The fraction of sp³-hybridized carbons (Fsp3) is 0.0909. The summed E-state index contributed by atoms with van der Waals surface area (Å²) in [7, 11) is 1.14. The molecule has 5 nitrogen and oxygen atoms in total. The number of ether oxygens (including phenoxy) is 1. The topological polar surface area (TPSA) is 78.3 Å². The Morgan fingerprint density at radius 2 is 2.17 bits per heavy atom. The first kappa shape index (κ1) is 12.0. The van der Waals surface area contributed by atoms with E-state index >= 15 is 0 Å². The normalized spacial score (nSPS) is 10.4. The van der Waals surface area contributed by atoms with Gasteiger partial charge in [-0.15, -0.1) is 0 Å². The highest BCUT2D eigenvalue weighted by molar-refractivity contribution is 6.00. The molecule has 0 radical (unpaired) electrons. The molecule has 0 saturated carbocycles. The van der Waals surface area contributed by atoms with E-state index in [1.54, 1.807) is 0 Å². The minimum Gasteiger partial charge on any atom is -0.465 e. The Morgan fingerprint density at radius 1 is 1.44 bits per heavy atom. The van der Waals surface area contributed by atoms with Crippen LogP contribution in [0.5, 0.6) is 0 Å². The molecule has 18 heavy (non-hydrogen) atoms. The van der Waals surface area contributed by atoms with Crippen LogP contribution in [0.2, 0.25) is 0 Å². The molecule has 0 atom stereocenters. The average Bonchev–Trinajstić information content (AvgIpc) is 2.70. The van der Waals surface area contributed by atoms with Crippen molar-refractivity contribution in [3.8, 4) is 11.3 Å². The molecular weight excluding hydrogens is 246 g/mol. The summed E-state index contributed by atoms with van der Waals surface area (Å²) in [5.74, 6) is -2.73. The molecule has 0 spiro atoms. The lowest BCUT2D eigenvalue weighted by atomic mass is 10.1. The maximum atomic E-state index is 13.6. The summed E-state index contributed by atoms with van der Waals surface area (Å²) in [6, 6.07) is 2.83. The number of benzene rings is 1. The molecule has 0 saturated heterocycles. The van der Waals surface area contributed by atoms with Gasteiger partial charge in [-0.3, -0.25) is 0 Å². The van der Waals surface area contributed by atoms with E-state index in [0.29, 0.717) is 6.07 Å². The molecule has 0 aliphatic rings. The first-order valence-electron chi connectivity index (χ1n) is 4.83. The molecule has 1 aromatic carbocycles. The van der Waals surface area contributed by atoms with Crippen molar-refractivity contribution in [2.45, 2.75) is 0 Å². The summed E-state index contributed by atoms with van der Waals surface area (Å²) < 4.78 is 35.5. The van der Waals surface area contributed by atoms with Gasteiger partial charge in [0, 0.05) is 11.6 Å². The fourth-order valence-corrected chi connectivity index (χ4v) is 1.47. The Hall–Kier alpha value is -2.44. The predicted octanol–water partition coefficient (Wildman–Crippen LogP) is 1.99. The van der Waals surface area contributed by atoms with Crippen molar-refractivity contribution in [1.82, 2.24) is 5.16 Å². The number of methoxy groups -OCH3 is 1. The smallest absolute Gasteiger partial charge is 0.345 e. The number of rotatable bonds is 2. The Kier molecular flexibility index (Phi) is 2.97. The maximum Gasteiger partial charge on any atom is 0.345 e. The van der Waals surface area contributed by atoms with Gasteiger partial charge >= 0.3 is 5.97 Å². The SMILES string of the molecule is COC(=O)c1c(-c2ccc(F)cc2F)noc1N. The van der Waals surface area contributed by atoms with E-state index in [4.69, 9.17) is 5.73 Å². The Labute approximate surface area is 100 Å². The second kappa shape index (κ2) is 4.44. The van der Waals surface area contributed by atoms with Crippen molar-refractivity contribution in [2.75, 3.05) is 12.8 Å². The zero-order chi connectivity index (χ0) is 13.3. The van der Waals surface area contributed by atoms with Crippen molar-refractivity contribution in [1.29, 1.82) is 0 Å². The number of hydrogen-bond acceptors (Lipinski definition) is 5. The van der Waals surface area contributed by atoms with E-state index in [-0.39, 0.29) is 22.7 Å². The third kappa shape index (κ3) is 1.90. The van der Waals surface area contributed by atoms with Gasteiger partial charge in [0.25, 0.3) is 0 Å². The van der Waals surface area contributed by atoms with Crippen LogP contribution in [0.1, 0.15) is 10.4 Å². The molecule has 2 rings (SSSR count). The van der Waals surface area contributed by atoms with Crippen molar-refractivity contribution in [2.24, 2.45) is 0 Å². The van der Waals surface area contributed by atoms with Crippen LogP contribution in [0.4, 0.5) is 14.7 Å². The second-order valence-corrected chi connectivity index (χ2v) is 3.39. The van der Waals surface area contributed by atoms with E-state index in [9.17, 15) is 13.6 Å². The largest absolute Gasteiger partial charge is 0.465 e. The average molecular weight is 254 g/mol.